The minimum Gasteiger partial charge on any atom is -0.395 e. The van der Waals surface area contributed by atoms with Crippen molar-refractivity contribution >= 4 is 11.8 Å². The first-order valence-corrected chi connectivity index (χ1v) is 5.54. The number of hydrogen-bond acceptors (Lipinski definition) is 4. The van der Waals surface area contributed by atoms with Gasteiger partial charge in [0.05, 0.1) is 12.5 Å². The topological polar surface area (TPSA) is 95.7 Å². The lowest BCUT2D eigenvalue weighted by Gasteiger charge is -2.15. The molecule has 1 saturated heterocycles. The molecule has 0 radical (unpaired) electrons. The molecular weight excluding hydrogens is 210 g/mol. The molecule has 0 aliphatic carbocycles. The van der Waals surface area contributed by atoms with Crippen molar-refractivity contribution in [2.75, 3.05) is 32.8 Å². The predicted molar refractivity (Wildman–Crippen MR) is 58.5 cm³/mol. The molecule has 0 aromatic heterocycles. The number of aliphatic hydroxyl groups excluding tert-OH is 1. The molecule has 1 aliphatic rings. The second-order valence-corrected chi connectivity index (χ2v) is 3.97. The van der Waals surface area contributed by atoms with Gasteiger partial charge < -0.3 is 21.1 Å². The second kappa shape index (κ2) is 6.44. The number of carbonyl (C=O) groups is 2. The normalized spacial score (nSPS) is 20.4. The van der Waals surface area contributed by atoms with Crippen molar-refractivity contribution in [1.29, 1.82) is 0 Å². The van der Waals surface area contributed by atoms with Crippen molar-refractivity contribution in [3.05, 3.63) is 0 Å². The minimum atomic E-state index is -0.394. The van der Waals surface area contributed by atoms with Crippen LogP contribution >= 0.6 is 0 Å². The van der Waals surface area contributed by atoms with Crippen LogP contribution in [0.25, 0.3) is 0 Å². The van der Waals surface area contributed by atoms with E-state index in [-0.39, 0.29) is 24.9 Å². The molecule has 92 valence electrons. The molecule has 0 spiro atoms. The SMILES string of the molecule is NC(=O)C1CC(=O)N(CCCNCCO)C1. The lowest BCUT2D eigenvalue weighted by molar-refractivity contribution is -0.128. The van der Waals surface area contributed by atoms with Gasteiger partial charge in [-0.2, -0.15) is 0 Å². The summed E-state index contributed by atoms with van der Waals surface area (Å²) in [6.45, 7) is 2.53. The van der Waals surface area contributed by atoms with Gasteiger partial charge in [-0.15, -0.1) is 0 Å². The number of nitrogens with two attached hydrogens (primary N) is 1. The summed E-state index contributed by atoms with van der Waals surface area (Å²) in [7, 11) is 0. The van der Waals surface area contributed by atoms with Gasteiger partial charge in [0, 0.05) is 26.1 Å². The van der Waals surface area contributed by atoms with E-state index < -0.39 is 5.91 Å². The van der Waals surface area contributed by atoms with Crippen molar-refractivity contribution in [3.63, 3.8) is 0 Å². The van der Waals surface area contributed by atoms with E-state index in [1.54, 1.807) is 4.90 Å². The molecule has 6 heteroatoms. The van der Waals surface area contributed by atoms with Crippen molar-refractivity contribution < 1.29 is 14.7 Å². The number of amides is 2. The Bertz CT molecular complexity index is 258. The molecule has 6 nitrogen and oxygen atoms in total. The Kier molecular flexibility index (Phi) is 5.21. The van der Waals surface area contributed by atoms with Crippen LogP contribution in [0, 0.1) is 5.92 Å². The van der Waals surface area contributed by atoms with Gasteiger partial charge >= 0.3 is 0 Å². The van der Waals surface area contributed by atoms with Crippen molar-refractivity contribution in [1.82, 2.24) is 10.2 Å². The zero-order chi connectivity index (χ0) is 12.0. The van der Waals surface area contributed by atoms with Crippen molar-refractivity contribution in [2.24, 2.45) is 11.7 Å². The quantitative estimate of drug-likeness (QED) is 0.453. The molecule has 4 N–H and O–H groups in total. The highest BCUT2D eigenvalue weighted by Gasteiger charge is 2.32. The monoisotopic (exact) mass is 229 g/mol. The molecule has 1 atom stereocenters. The summed E-state index contributed by atoms with van der Waals surface area (Å²) in [4.78, 5) is 24.1. The largest absolute Gasteiger partial charge is 0.395 e. The van der Waals surface area contributed by atoms with E-state index in [4.69, 9.17) is 10.8 Å². The summed E-state index contributed by atoms with van der Waals surface area (Å²) in [6.07, 6.45) is 1.07. The van der Waals surface area contributed by atoms with Crippen molar-refractivity contribution in [2.45, 2.75) is 12.8 Å². The molecular formula is C10H19N3O3. The van der Waals surface area contributed by atoms with Crippen LogP contribution in [0.3, 0.4) is 0 Å². The molecule has 1 rings (SSSR count). The van der Waals surface area contributed by atoms with Crippen LogP contribution in [-0.2, 0) is 9.59 Å². The van der Waals surface area contributed by atoms with E-state index >= 15 is 0 Å². The Hall–Kier alpha value is -1.14. The van der Waals surface area contributed by atoms with Crippen LogP contribution in [-0.4, -0.2) is 54.6 Å². The lowest BCUT2D eigenvalue weighted by Crippen LogP contribution is -2.31. The zero-order valence-corrected chi connectivity index (χ0v) is 9.32. The highest BCUT2D eigenvalue weighted by molar-refractivity contribution is 5.88. The summed E-state index contributed by atoms with van der Waals surface area (Å²) in [6, 6.07) is 0. The van der Waals surface area contributed by atoms with Crippen molar-refractivity contribution in [3.8, 4) is 0 Å². The highest BCUT2D eigenvalue weighted by atomic mass is 16.3. The summed E-state index contributed by atoms with van der Waals surface area (Å²) >= 11 is 0. The van der Waals surface area contributed by atoms with Crippen LogP contribution in [0.1, 0.15) is 12.8 Å². The Balaban J connectivity index is 2.18. The van der Waals surface area contributed by atoms with Gasteiger partial charge in [0.15, 0.2) is 0 Å². The third-order valence-electron chi connectivity index (χ3n) is 2.69. The maximum absolute atomic E-state index is 11.5. The van der Waals surface area contributed by atoms with E-state index in [9.17, 15) is 9.59 Å². The smallest absolute Gasteiger partial charge is 0.223 e. The first-order chi connectivity index (χ1) is 7.65. The first kappa shape index (κ1) is 12.9. The van der Waals surface area contributed by atoms with Gasteiger partial charge in [-0.05, 0) is 13.0 Å². The Morgan fingerprint density at radius 3 is 2.88 bits per heavy atom. The molecule has 1 fully saturated rings. The number of hydrogen-bond donors (Lipinski definition) is 3. The second-order valence-electron chi connectivity index (χ2n) is 3.97. The first-order valence-electron chi connectivity index (χ1n) is 5.54. The van der Waals surface area contributed by atoms with Gasteiger partial charge in [0.1, 0.15) is 0 Å². The fourth-order valence-corrected chi connectivity index (χ4v) is 1.78. The van der Waals surface area contributed by atoms with Crippen LogP contribution in [0.2, 0.25) is 0 Å². The number of primary amides is 1. The third kappa shape index (κ3) is 3.79. The molecule has 0 saturated carbocycles. The summed E-state index contributed by atoms with van der Waals surface area (Å²) in [5.41, 5.74) is 5.16. The number of rotatable bonds is 7. The minimum absolute atomic E-state index is 0.00552. The summed E-state index contributed by atoms with van der Waals surface area (Å²) in [5.74, 6) is -0.710. The zero-order valence-electron chi connectivity index (χ0n) is 9.32. The van der Waals surface area contributed by atoms with E-state index in [0.717, 1.165) is 13.0 Å². The maximum Gasteiger partial charge on any atom is 0.223 e. The fourth-order valence-electron chi connectivity index (χ4n) is 1.78. The Morgan fingerprint density at radius 1 is 1.56 bits per heavy atom. The van der Waals surface area contributed by atoms with Crippen LogP contribution < -0.4 is 11.1 Å². The van der Waals surface area contributed by atoms with Crippen LogP contribution in [0.5, 0.6) is 0 Å². The van der Waals surface area contributed by atoms with Crippen LogP contribution in [0.15, 0.2) is 0 Å². The number of likely N-dealkylation sites (tertiary alicyclic amines) is 1. The highest BCUT2D eigenvalue weighted by Crippen LogP contribution is 2.17. The van der Waals surface area contributed by atoms with E-state index in [1.807, 2.05) is 0 Å². The molecule has 1 unspecified atom stereocenters. The lowest BCUT2D eigenvalue weighted by atomic mass is 10.1. The third-order valence-corrected chi connectivity index (χ3v) is 2.69. The summed E-state index contributed by atoms with van der Waals surface area (Å²) in [5, 5.41) is 11.6. The predicted octanol–water partition coefficient (Wildman–Crippen LogP) is -1.71. The molecule has 0 bridgehead atoms. The van der Waals surface area contributed by atoms with Gasteiger partial charge in [0.2, 0.25) is 11.8 Å². The van der Waals surface area contributed by atoms with E-state index in [0.29, 0.717) is 19.6 Å². The standard InChI is InChI=1S/C10H19N3O3/c11-10(16)8-6-9(15)13(7-8)4-1-2-12-3-5-14/h8,12,14H,1-7H2,(H2,11,16). The number of nitrogens with one attached hydrogen (secondary N) is 1. The van der Waals surface area contributed by atoms with Gasteiger partial charge in [-0.1, -0.05) is 0 Å². The molecule has 0 aromatic carbocycles. The van der Waals surface area contributed by atoms with Gasteiger partial charge in [-0.3, -0.25) is 9.59 Å². The molecule has 0 aromatic rings. The van der Waals surface area contributed by atoms with Gasteiger partial charge in [0.25, 0.3) is 0 Å². The summed E-state index contributed by atoms with van der Waals surface area (Å²) < 4.78 is 0. The van der Waals surface area contributed by atoms with E-state index in [1.165, 1.54) is 0 Å². The van der Waals surface area contributed by atoms with Crippen LogP contribution in [0.4, 0.5) is 0 Å². The number of nitrogens with zero attached hydrogens (tertiary/aromatic N) is 1. The number of carbonyl (C=O) groups excluding carboxylic acids is 2. The molecule has 1 heterocycles. The molecule has 2 amide bonds. The van der Waals surface area contributed by atoms with E-state index in [2.05, 4.69) is 5.32 Å². The Labute approximate surface area is 94.8 Å². The maximum atomic E-state index is 11.5. The average Bonchev–Trinajstić information content (AvgIpc) is 2.60. The van der Waals surface area contributed by atoms with Gasteiger partial charge in [-0.25, -0.2) is 0 Å². The average molecular weight is 229 g/mol. The fraction of sp³-hybridized carbons (Fsp3) is 0.800. The Morgan fingerprint density at radius 2 is 2.31 bits per heavy atom. The number of aliphatic hydroxyl groups is 1. The molecule has 16 heavy (non-hydrogen) atoms. The molecule has 1 aliphatic heterocycles.